The SMILES string of the molecule is NS(=O)(=O)c1ccc(-c2c(-c3ccccc3)noc2CCO)cc1. The number of aromatic nitrogens is 1. The first-order chi connectivity index (χ1) is 11.5. The van der Waals surface area contributed by atoms with Gasteiger partial charge in [0, 0.05) is 12.0 Å². The van der Waals surface area contributed by atoms with Crippen molar-refractivity contribution in [1.82, 2.24) is 5.16 Å². The number of aliphatic hydroxyl groups is 1. The largest absolute Gasteiger partial charge is 0.396 e. The average molecular weight is 344 g/mol. The van der Waals surface area contributed by atoms with Crippen molar-refractivity contribution in [3.05, 3.63) is 60.4 Å². The molecule has 6 nitrogen and oxygen atoms in total. The van der Waals surface area contributed by atoms with Gasteiger partial charge in [0.2, 0.25) is 10.0 Å². The second-order valence-electron chi connectivity index (χ2n) is 5.24. The Hall–Kier alpha value is -2.48. The summed E-state index contributed by atoms with van der Waals surface area (Å²) >= 11 is 0. The van der Waals surface area contributed by atoms with Gasteiger partial charge in [0.25, 0.3) is 0 Å². The first kappa shape index (κ1) is 16.4. The van der Waals surface area contributed by atoms with E-state index in [1.54, 1.807) is 12.1 Å². The summed E-state index contributed by atoms with van der Waals surface area (Å²) < 4.78 is 28.2. The third-order valence-electron chi connectivity index (χ3n) is 3.62. The van der Waals surface area contributed by atoms with Crippen LogP contribution in [0.3, 0.4) is 0 Å². The lowest BCUT2D eigenvalue weighted by molar-refractivity contribution is 0.278. The summed E-state index contributed by atoms with van der Waals surface area (Å²) in [6.07, 6.45) is 0.312. The lowest BCUT2D eigenvalue weighted by Crippen LogP contribution is -2.11. The highest BCUT2D eigenvalue weighted by atomic mass is 32.2. The number of benzene rings is 2. The van der Waals surface area contributed by atoms with E-state index in [2.05, 4.69) is 5.16 Å². The predicted octanol–water partition coefficient (Wildman–Crippen LogP) is 2.19. The number of nitrogens with zero attached hydrogens (tertiary/aromatic N) is 1. The maximum atomic E-state index is 11.4. The number of nitrogens with two attached hydrogens (primary N) is 1. The van der Waals surface area contributed by atoms with Crippen LogP contribution in [0.25, 0.3) is 22.4 Å². The van der Waals surface area contributed by atoms with E-state index < -0.39 is 10.0 Å². The predicted molar refractivity (Wildman–Crippen MR) is 89.5 cm³/mol. The number of hydrogen-bond donors (Lipinski definition) is 2. The maximum absolute atomic E-state index is 11.4. The van der Waals surface area contributed by atoms with E-state index in [-0.39, 0.29) is 11.5 Å². The van der Waals surface area contributed by atoms with Gasteiger partial charge in [-0.1, -0.05) is 47.6 Å². The maximum Gasteiger partial charge on any atom is 0.238 e. The zero-order valence-electron chi connectivity index (χ0n) is 12.7. The monoisotopic (exact) mass is 344 g/mol. The quantitative estimate of drug-likeness (QED) is 0.738. The molecule has 0 aliphatic carbocycles. The van der Waals surface area contributed by atoms with Crippen LogP contribution in [0.4, 0.5) is 0 Å². The van der Waals surface area contributed by atoms with Crippen LogP contribution in [0.2, 0.25) is 0 Å². The van der Waals surface area contributed by atoms with Crippen molar-refractivity contribution >= 4 is 10.0 Å². The van der Waals surface area contributed by atoms with Crippen molar-refractivity contribution in [1.29, 1.82) is 0 Å². The zero-order valence-corrected chi connectivity index (χ0v) is 13.5. The van der Waals surface area contributed by atoms with Gasteiger partial charge in [-0.2, -0.15) is 0 Å². The topological polar surface area (TPSA) is 106 Å². The van der Waals surface area contributed by atoms with Crippen LogP contribution < -0.4 is 5.14 Å². The molecule has 7 heteroatoms. The molecule has 3 N–H and O–H groups in total. The van der Waals surface area contributed by atoms with Crippen molar-refractivity contribution < 1.29 is 18.0 Å². The Morgan fingerprint density at radius 1 is 1.00 bits per heavy atom. The first-order valence-corrected chi connectivity index (χ1v) is 8.83. The molecule has 2 aromatic carbocycles. The highest BCUT2D eigenvalue weighted by Gasteiger charge is 2.19. The molecule has 0 radical (unpaired) electrons. The molecule has 0 atom stereocenters. The Morgan fingerprint density at radius 3 is 2.25 bits per heavy atom. The minimum absolute atomic E-state index is 0.0349. The van der Waals surface area contributed by atoms with Crippen LogP contribution >= 0.6 is 0 Å². The van der Waals surface area contributed by atoms with E-state index in [0.717, 1.165) is 16.7 Å². The molecule has 0 saturated heterocycles. The Bertz CT molecular complexity index is 932. The van der Waals surface area contributed by atoms with Gasteiger partial charge >= 0.3 is 0 Å². The molecule has 0 spiro atoms. The molecule has 0 saturated carbocycles. The standard InChI is InChI=1S/C17H16N2O4S/c18-24(21,22)14-8-6-12(7-9-14)16-15(10-11-20)23-19-17(16)13-4-2-1-3-5-13/h1-9,20H,10-11H2,(H2,18,21,22). The smallest absolute Gasteiger partial charge is 0.238 e. The minimum atomic E-state index is -3.75. The highest BCUT2D eigenvalue weighted by Crippen LogP contribution is 2.35. The number of sulfonamides is 1. The molecule has 0 bridgehead atoms. The molecular formula is C17H16N2O4S. The third-order valence-corrected chi connectivity index (χ3v) is 4.55. The van der Waals surface area contributed by atoms with Crippen molar-refractivity contribution in [2.75, 3.05) is 6.61 Å². The van der Waals surface area contributed by atoms with Gasteiger partial charge < -0.3 is 9.63 Å². The summed E-state index contributed by atoms with van der Waals surface area (Å²) in [5.74, 6) is 0.541. The van der Waals surface area contributed by atoms with Gasteiger partial charge in [-0.15, -0.1) is 0 Å². The van der Waals surface area contributed by atoms with Crippen LogP contribution in [-0.2, 0) is 16.4 Å². The first-order valence-electron chi connectivity index (χ1n) is 7.29. The Labute approximate surface area is 139 Å². The molecule has 24 heavy (non-hydrogen) atoms. The second kappa shape index (κ2) is 6.56. The van der Waals surface area contributed by atoms with E-state index in [1.807, 2.05) is 30.3 Å². The van der Waals surface area contributed by atoms with Gasteiger partial charge in [0.1, 0.15) is 11.5 Å². The van der Waals surface area contributed by atoms with Crippen LogP contribution in [0.5, 0.6) is 0 Å². The second-order valence-corrected chi connectivity index (χ2v) is 6.80. The van der Waals surface area contributed by atoms with Gasteiger partial charge in [-0.25, -0.2) is 13.6 Å². The molecule has 3 rings (SSSR count). The molecule has 0 unspecified atom stereocenters. The van der Waals surface area contributed by atoms with Gasteiger partial charge in [0.15, 0.2) is 0 Å². The fraction of sp³-hybridized carbons (Fsp3) is 0.118. The fourth-order valence-corrected chi connectivity index (χ4v) is 3.01. The lowest BCUT2D eigenvalue weighted by atomic mass is 9.98. The zero-order chi connectivity index (χ0) is 17.2. The number of hydrogen-bond acceptors (Lipinski definition) is 5. The van der Waals surface area contributed by atoms with Crippen molar-refractivity contribution in [2.45, 2.75) is 11.3 Å². The molecule has 3 aromatic rings. The summed E-state index contributed by atoms with van der Waals surface area (Å²) in [4.78, 5) is 0.0349. The summed E-state index contributed by atoms with van der Waals surface area (Å²) in [7, 11) is -3.75. The lowest BCUT2D eigenvalue weighted by Gasteiger charge is -2.06. The fourth-order valence-electron chi connectivity index (χ4n) is 2.50. The van der Waals surface area contributed by atoms with Crippen molar-refractivity contribution in [3.8, 4) is 22.4 Å². The summed E-state index contributed by atoms with van der Waals surface area (Å²) in [6, 6.07) is 15.7. The van der Waals surface area contributed by atoms with E-state index in [1.165, 1.54) is 12.1 Å². The number of primary sulfonamides is 1. The molecule has 0 amide bonds. The third kappa shape index (κ3) is 3.23. The normalized spacial score (nSPS) is 11.6. The van der Waals surface area contributed by atoms with Crippen LogP contribution in [0.15, 0.2) is 64.0 Å². The van der Waals surface area contributed by atoms with Crippen molar-refractivity contribution in [2.24, 2.45) is 5.14 Å². The minimum Gasteiger partial charge on any atom is -0.396 e. The van der Waals surface area contributed by atoms with E-state index in [4.69, 9.17) is 9.66 Å². The molecule has 0 aliphatic heterocycles. The Kier molecular flexibility index (Phi) is 4.48. The van der Waals surface area contributed by atoms with Crippen LogP contribution in [-0.4, -0.2) is 25.3 Å². The van der Waals surface area contributed by atoms with Crippen LogP contribution in [0.1, 0.15) is 5.76 Å². The molecule has 1 aromatic heterocycles. The van der Waals surface area contributed by atoms with Gasteiger partial charge in [0.05, 0.1) is 17.1 Å². The summed E-state index contributed by atoms with van der Waals surface area (Å²) in [6.45, 7) is -0.0777. The van der Waals surface area contributed by atoms with Crippen molar-refractivity contribution in [3.63, 3.8) is 0 Å². The molecular weight excluding hydrogens is 328 g/mol. The van der Waals surface area contributed by atoms with E-state index in [9.17, 15) is 13.5 Å². The number of rotatable bonds is 5. The summed E-state index contributed by atoms with van der Waals surface area (Å²) in [5, 5.41) is 18.5. The molecule has 0 fully saturated rings. The highest BCUT2D eigenvalue weighted by molar-refractivity contribution is 7.89. The van der Waals surface area contributed by atoms with Gasteiger partial charge in [-0.3, -0.25) is 0 Å². The van der Waals surface area contributed by atoms with Crippen LogP contribution in [0, 0.1) is 0 Å². The summed E-state index contributed by atoms with van der Waals surface area (Å²) in [5.41, 5.74) is 2.99. The van der Waals surface area contributed by atoms with Gasteiger partial charge in [-0.05, 0) is 17.7 Å². The average Bonchev–Trinajstić information content (AvgIpc) is 2.99. The molecule has 124 valence electrons. The molecule has 1 heterocycles. The molecule has 0 aliphatic rings. The van der Waals surface area contributed by atoms with E-state index in [0.29, 0.717) is 17.9 Å². The van der Waals surface area contributed by atoms with E-state index >= 15 is 0 Å². The number of aliphatic hydroxyl groups excluding tert-OH is 1. The Morgan fingerprint density at radius 2 is 1.67 bits per heavy atom. The Balaban J connectivity index is 2.13.